The summed E-state index contributed by atoms with van der Waals surface area (Å²) in [5, 5.41) is 2.76. The van der Waals surface area contributed by atoms with Gasteiger partial charge < -0.3 is 9.47 Å². The van der Waals surface area contributed by atoms with Gasteiger partial charge in [0.25, 0.3) is 0 Å². The van der Waals surface area contributed by atoms with E-state index in [0.29, 0.717) is 11.5 Å². The molecular weight excluding hydrogens is 322 g/mol. The van der Waals surface area contributed by atoms with E-state index < -0.39 is 0 Å². The predicted molar refractivity (Wildman–Crippen MR) is 95.9 cm³/mol. The summed E-state index contributed by atoms with van der Waals surface area (Å²) < 4.78 is 12.1. The normalized spacial score (nSPS) is 29.8. The minimum Gasteiger partial charge on any atom is -0.496 e. The minimum atomic E-state index is -0.0508. The maximum atomic E-state index is 13.0. The van der Waals surface area contributed by atoms with Crippen LogP contribution < -0.4 is 0 Å². The first kappa shape index (κ1) is 17.6. The Bertz CT molecular complexity index is 610. The van der Waals surface area contributed by atoms with Crippen LogP contribution in [0.4, 0.5) is 0 Å². The van der Waals surface area contributed by atoms with Crippen molar-refractivity contribution in [2.24, 2.45) is 11.8 Å². The molecule has 0 aromatic carbocycles. The van der Waals surface area contributed by atoms with Crippen molar-refractivity contribution in [2.45, 2.75) is 65.1 Å². The quantitative estimate of drug-likeness (QED) is 0.715. The van der Waals surface area contributed by atoms with Crippen molar-refractivity contribution in [2.75, 3.05) is 6.61 Å². The molecule has 0 saturated heterocycles. The Morgan fingerprint density at radius 1 is 1.38 bits per heavy atom. The topological polar surface area (TPSA) is 48.4 Å². The van der Waals surface area contributed by atoms with Gasteiger partial charge >= 0.3 is 0 Å². The number of aryl methyl sites for hydroxylation is 1. The second-order valence-corrected chi connectivity index (χ2v) is 7.73. The van der Waals surface area contributed by atoms with Gasteiger partial charge in [0.15, 0.2) is 5.78 Å². The van der Waals surface area contributed by atoms with E-state index in [0.717, 1.165) is 49.4 Å². The fourth-order valence-corrected chi connectivity index (χ4v) is 4.51. The van der Waals surface area contributed by atoms with Crippen LogP contribution in [-0.2, 0) is 14.3 Å². The third-order valence-corrected chi connectivity index (χ3v) is 6.16. The van der Waals surface area contributed by atoms with E-state index in [9.17, 15) is 4.79 Å². The Balaban J connectivity index is 1.73. The van der Waals surface area contributed by atoms with E-state index in [4.69, 9.17) is 9.47 Å². The molecule has 1 fully saturated rings. The molecule has 0 amide bonds. The van der Waals surface area contributed by atoms with E-state index in [1.54, 1.807) is 6.26 Å². The summed E-state index contributed by atoms with van der Waals surface area (Å²) in [7, 11) is 0. The van der Waals surface area contributed by atoms with Crippen molar-refractivity contribution in [1.29, 1.82) is 0 Å². The maximum Gasteiger partial charge on any atom is 0.175 e. The molecule has 4 unspecified atom stereocenters. The molecule has 1 aliphatic carbocycles. The van der Waals surface area contributed by atoms with Crippen LogP contribution in [-0.4, -0.2) is 29.6 Å². The van der Waals surface area contributed by atoms with Crippen LogP contribution in [0.5, 0.6) is 0 Å². The number of carbonyl (C=O) groups is 1. The largest absolute Gasteiger partial charge is 0.496 e. The van der Waals surface area contributed by atoms with Crippen molar-refractivity contribution in [3.63, 3.8) is 0 Å². The number of fused-ring (bicyclic) bond motifs is 1. The lowest BCUT2D eigenvalue weighted by Gasteiger charge is -2.41. The lowest BCUT2D eigenvalue weighted by atomic mass is 9.72. The molecule has 4 nitrogen and oxygen atoms in total. The van der Waals surface area contributed by atoms with Gasteiger partial charge in [0.2, 0.25) is 0 Å². The molecule has 5 heteroatoms. The number of rotatable bonds is 6. The monoisotopic (exact) mass is 349 g/mol. The Hall–Kier alpha value is -1.20. The van der Waals surface area contributed by atoms with Crippen LogP contribution in [0.15, 0.2) is 11.6 Å². The third kappa shape index (κ3) is 3.57. The number of ketones is 1. The molecule has 132 valence electrons. The van der Waals surface area contributed by atoms with Crippen molar-refractivity contribution >= 4 is 22.7 Å². The van der Waals surface area contributed by atoms with Crippen LogP contribution in [0.3, 0.4) is 0 Å². The van der Waals surface area contributed by atoms with Gasteiger partial charge in [0.1, 0.15) is 11.1 Å². The van der Waals surface area contributed by atoms with Crippen molar-refractivity contribution in [3.8, 4) is 0 Å². The zero-order chi connectivity index (χ0) is 17.1. The number of aromatic nitrogens is 1. The molecule has 2 aliphatic rings. The molecule has 0 radical (unpaired) electrons. The number of unbranched alkanes of at least 4 members (excludes halogenated alkanes) is 1. The van der Waals surface area contributed by atoms with Crippen LogP contribution >= 0.6 is 11.3 Å². The summed E-state index contributed by atoms with van der Waals surface area (Å²) in [6.07, 6.45) is 6.76. The average molecular weight is 349 g/mol. The summed E-state index contributed by atoms with van der Waals surface area (Å²) in [5.41, 5.74) is 1.60. The van der Waals surface area contributed by atoms with Gasteiger partial charge in [-0.15, -0.1) is 11.3 Å². The highest BCUT2D eigenvalue weighted by Gasteiger charge is 2.44. The molecule has 1 aliphatic heterocycles. The zero-order valence-corrected chi connectivity index (χ0v) is 15.6. The lowest BCUT2D eigenvalue weighted by molar-refractivity contribution is -0.132. The smallest absolute Gasteiger partial charge is 0.175 e. The van der Waals surface area contributed by atoms with Crippen LogP contribution in [0.2, 0.25) is 0 Å². The first-order valence-electron chi connectivity index (χ1n) is 9.08. The number of hydrogen-bond acceptors (Lipinski definition) is 5. The highest BCUT2D eigenvalue weighted by Crippen LogP contribution is 2.41. The molecule has 3 rings (SSSR count). The lowest BCUT2D eigenvalue weighted by Crippen LogP contribution is -2.45. The maximum absolute atomic E-state index is 13.0. The standard InChI is InChI=1S/C19H27NO3S/c1-4-6-7-22-16-9-17-14(8-13(16)5-2)18(21)15(10-23-17)19-20-12(3)11-24-19/h10-11,13-14,16-17H,4-9H2,1-3H3. The van der Waals surface area contributed by atoms with Crippen LogP contribution in [0.1, 0.15) is 56.7 Å². The van der Waals surface area contributed by atoms with E-state index in [2.05, 4.69) is 18.8 Å². The molecule has 0 N–H and O–H groups in total. The molecule has 1 aromatic rings. The first-order chi connectivity index (χ1) is 11.6. The number of nitrogens with zero attached hydrogens (tertiary/aromatic N) is 1. The van der Waals surface area contributed by atoms with Gasteiger partial charge in [-0.05, 0) is 25.7 Å². The van der Waals surface area contributed by atoms with Crippen LogP contribution in [0, 0.1) is 18.8 Å². The summed E-state index contributed by atoms with van der Waals surface area (Å²) in [6.45, 7) is 7.12. The number of carbonyl (C=O) groups excluding carboxylic acids is 1. The van der Waals surface area contributed by atoms with Gasteiger partial charge in [-0.2, -0.15) is 0 Å². The number of Topliss-reactive ketones (excluding diaryl/α,β-unsaturated/α-hetero) is 1. The molecule has 4 atom stereocenters. The Labute approximate surface area is 148 Å². The molecule has 2 heterocycles. The van der Waals surface area contributed by atoms with Gasteiger partial charge in [-0.1, -0.05) is 26.7 Å². The van der Waals surface area contributed by atoms with E-state index in [1.165, 1.54) is 11.3 Å². The highest BCUT2D eigenvalue weighted by molar-refractivity contribution is 7.11. The number of ether oxygens (including phenoxy) is 2. The van der Waals surface area contributed by atoms with Gasteiger partial charge in [-0.25, -0.2) is 4.98 Å². The number of thiazole rings is 1. The second-order valence-electron chi connectivity index (χ2n) is 6.87. The Morgan fingerprint density at radius 3 is 2.88 bits per heavy atom. The Morgan fingerprint density at radius 2 is 2.21 bits per heavy atom. The minimum absolute atomic E-state index is 0.0447. The van der Waals surface area contributed by atoms with E-state index >= 15 is 0 Å². The average Bonchev–Trinajstić information content (AvgIpc) is 3.01. The SMILES string of the molecule is CCCCOC1CC2OC=C(c3nc(C)cs3)C(=O)C2CC1CC. The molecule has 0 bridgehead atoms. The highest BCUT2D eigenvalue weighted by atomic mass is 32.1. The van der Waals surface area contributed by atoms with Gasteiger partial charge in [0, 0.05) is 24.1 Å². The molecule has 1 saturated carbocycles. The number of hydrogen-bond donors (Lipinski definition) is 0. The first-order valence-corrected chi connectivity index (χ1v) is 9.95. The Kier molecular flexibility index (Phi) is 5.72. The fraction of sp³-hybridized carbons (Fsp3) is 0.684. The molecule has 0 spiro atoms. The van der Waals surface area contributed by atoms with Gasteiger partial charge in [0.05, 0.1) is 23.9 Å². The van der Waals surface area contributed by atoms with Crippen molar-refractivity contribution < 1.29 is 14.3 Å². The van der Waals surface area contributed by atoms with Crippen LogP contribution in [0.25, 0.3) is 5.57 Å². The summed E-state index contributed by atoms with van der Waals surface area (Å²) in [5.74, 6) is 0.587. The summed E-state index contributed by atoms with van der Waals surface area (Å²) in [4.78, 5) is 17.4. The van der Waals surface area contributed by atoms with E-state index in [1.807, 2.05) is 12.3 Å². The summed E-state index contributed by atoms with van der Waals surface area (Å²) in [6, 6.07) is 0. The molecular formula is C19H27NO3S. The molecule has 24 heavy (non-hydrogen) atoms. The predicted octanol–water partition coefficient (Wildman–Crippen LogP) is 4.38. The van der Waals surface area contributed by atoms with E-state index in [-0.39, 0.29) is 23.9 Å². The van der Waals surface area contributed by atoms with Crippen molar-refractivity contribution in [3.05, 3.63) is 22.3 Å². The summed E-state index contributed by atoms with van der Waals surface area (Å²) >= 11 is 1.51. The molecule has 1 aromatic heterocycles. The number of allylic oxidation sites excluding steroid dienone is 1. The second kappa shape index (κ2) is 7.79. The fourth-order valence-electron chi connectivity index (χ4n) is 3.70. The van der Waals surface area contributed by atoms with Gasteiger partial charge in [-0.3, -0.25) is 4.79 Å². The van der Waals surface area contributed by atoms with Crippen molar-refractivity contribution in [1.82, 2.24) is 4.98 Å². The zero-order valence-electron chi connectivity index (χ0n) is 14.8. The third-order valence-electron chi connectivity index (χ3n) is 5.16.